The quantitative estimate of drug-likeness (QED) is 0.438. The summed E-state index contributed by atoms with van der Waals surface area (Å²) < 4.78 is 0. The number of hydrogen-bond donors (Lipinski definition) is 0. The van der Waals surface area contributed by atoms with Gasteiger partial charge in [-0.1, -0.05) is 52.4 Å². The number of rotatable bonds is 0. The van der Waals surface area contributed by atoms with Gasteiger partial charge in [0, 0.05) is 11.3 Å². The van der Waals surface area contributed by atoms with Crippen molar-refractivity contribution in [1.82, 2.24) is 0 Å². The Morgan fingerprint density at radius 2 is 1.73 bits per heavy atom. The monoisotopic (exact) mass is 314 g/mol. The molecule has 1 atom stereocenters. The summed E-state index contributed by atoms with van der Waals surface area (Å²) in [6.07, 6.45) is 7.91. The van der Waals surface area contributed by atoms with E-state index in [2.05, 4.69) is 57.5 Å². The molecule has 0 aromatic carbocycles. The van der Waals surface area contributed by atoms with Crippen LogP contribution in [0.3, 0.4) is 0 Å². The highest BCUT2D eigenvalue weighted by Gasteiger charge is 2.42. The first-order chi connectivity index (χ1) is 9.98. The maximum Gasteiger partial charge on any atom is 0.183 e. The molecular formula is C20H30OSi. The summed E-state index contributed by atoms with van der Waals surface area (Å²) in [5.74, 6) is 4.23. The minimum Gasteiger partial charge on any atom is -0.289 e. The van der Waals surface area contributed by atoms with Crippen molar-refractivity contribution in [3.8, 4) is 11.5 Å². The predicted molar refractivity (Wildman–Crippen MR) is 97.3 cm³/mol. The van der Waals surface area contributed by atoms with Crippen LogP contribution in [0.2, 0.25) is 18.1 Å². The molecule has 0 N–H and O–H groups in total. The van der Waals surface area contributed by atoms with Gasteiger partial charge in [-0.2, -0.15) is 0 Å². The van der Waals surface area contributed by atoms with Crippen LogP contribution in [0, 0.1) is 22.8 Å². The fourth-order valence-corrected chi connectivity index (χ4v) is 4.26. The second-order valence-electron chi connectivity index (χ2n) is 8.69. The molecule has 1 fully saturated rings. The van der Waals surface area contributed by atoms with Gasteiger partial charge in [0.25, 0.3) is 0 Å². The summed E-state index contributed by atoms with van der Waals surface area (Å²) in [6, 6.07) is 0. The van der Waals surface area contributed by atoms with Crippen molar-refractivity contribution in [2.45, 2.75) is 72.0 Å². The number of carbonyl (C=O) groups is 1. The normalized spacial score (nSPS) is 24.7. The zero-order chi connectivity index (χ0) is 16.8. The van der Waals surface area contributed by atoms with Gasteiger partial charge in [0.15, 0.2) is 5.78 Å². The van der Waals surface area contributed by atoms with Gasteiger partial charge in [-0.3, -0.25) is 4.79 Å². The number of allylic oxidation sites excluding steroid dienone is 4. The number of hydrogen-bond acceptors (Lipinski definition) is 1. The lowest BCUT2D eigenvalue weighted by Crippen LogP contribution is -2.36. The molecule has 1 nitrogen and oxygen atoms in total. The van der Waals surface area contributed by atoms with E-state index < -0.39 is 8.07 Å². The van der Waals surface area contributed by atoms with Crippen LogP contribution < -0.4 is 0 Å². The van der Waals surface area contributed by atoms with E-state index in [1.807, 2.05) is 13.8 Å². The van der Waals surface area contributed by atoms with Gasteiger partial charge < -0.3 is 0 Å². The van der Waals surface area contributed by atoms with Gasteiger partial charge in [-0.15, -0.1) is 11.5 Å². The van der Waals surface area contributed by atoms with Crippen LogP contribution in [0.4, 0.5) is 0 Å². The lowest BCUT2D eigenvalue weighted by atomic mass is 9.72. The molecule has 0 aromatic rings. The van der Waals surface area contributed by atoms with Crippen molar-refractivity contribution in [1.29, 1.82) is 0 Å². The predicted octanol–water partition coefficient (Wildman–Crippen LogP) is 5.30. The average molecular weight is 315 g/mol. The Kier molecular flexibility index (Phi) is 4.34. The molecule has 0 aromatic heterocycles. The minimum atomic E-state index is -1.57. The van der Waals surface area contributed by atoms with Gasteiger partial charge in [0.2, 0.25) is 0 Å². The maximum absolute atomic E-state index is 12.1. The van der Waals surface area contributed by atoms with Crippen LogP contribution in [0.25, 0.3) is 0 Å². The van der Waals surface area contributed by atoms with E-state index in [1.54, 1.807) is 0 Å². The Bertz CT molecular complexity index is 580. The topological polar surface area (TPSA) is 17.1 Å². The standard InChI is InChI=1S/C20H30OSi/c1-15-13-20(14-16(2)18(15)21)11-8-9-17(20)10-12-22(6,7)19(3,4)5/h13-14,17H,8-9,11H2,1-7H3/t17-/m0/s1. The minimum absolute atomic E-state index is 0.0114. The molecule has 2 rings (SSSR count). The van der Waals surface area contributed by atoms with E-state index in [9.17, 15) is 4.79 Å². The second kappa shape index (κ2) is 5.53. The number of ketones is 1. The summed E-state index contributed by atoms with van der Waals surface area (Å²) in [5.41, 5.74) is 5.52. The van der Waals surface area contributed by atoms with Crippen molar-refractivity contribution < 1.29 is 4.79 Å². The molecule has 0 radical (unpaired) electrons. The summed E-state index contributed by atoms with van der Waals surface area (Å²) in [6.45, 7) is 15.6. The average Bonchev–Trinajstić information content (AvgIpc) is 2.74. The highest BCUT2D eigenvalue weighted by atomic mass is 28.3. The largest absolute Gasteiger partial charge is 0.289 e. The fourth-order valence-electron chi connectivity index (χ4n) is 3.35. The molecular weight excluding hydrogens is 284 g/mol. The molecule has 0 unspecified atom stereocenters. The van der Waals surface area contributed by atoms with Crippen LogP contribution in [0.5, 0.6) is 0 Å². The molecule has 0 saturated heterocycles. The van der Waals surface area contributed by atoms with Crippen LogP contribution in [-0.4, -0.2) is 13.9 Å². The van der Waals surface area contributed by atoms with Gasteiger partial charge >= 0.3 is 0 Å². The number of carbonyl (C=O) groups excluding carboxylic acids is 1. The molecule has 0 bridgehead atoms. The summed E-state index contributed by atoms with van der Waals surface area (Å²) >= 11 is 0. The maximum atomic E-state index is 12.1. The van der Waals surface area contributed by atoms with E-state index in [0.29, 0.717) is 11.0 Å². The van der Waals surface area contributed by atoms with Crippen LogP contribution in [0.15, 0.2) is 23.3 Å². The van der Waals surface area contributed by atoms with Crippen molar-refractivity contribution in [2.24, 2.45) is 11.3 Å². The molecule has 22 heavy (non-hydrogen) atoms. The first kappa shape index (κ1) is 17.3. The smallest absolute Gasteiger partial charge is 0.183 e. The fraction of sp³-hybridized carbons (Fsp3) is 0.650. The molecule has 1 spiro atoms. The van der Waals surface area contributed by atoms with Gasteiger partial charge in [-0.25, -0.2) is 0 Å². The second-order valence-corrected chi connectivity index (χ2v) is 13.7. The first-order valence-electron chi connectivity index (χ1n) is 8.45. The first-order valence-corrected chi connectivity index (χ1v) is 11.4. The molecule has 0 aliphatic heterocycles. The molecule has 1 saturated carbocycles. The van der Waals surface area contributed by atoms with Gasteiger partial charge in [0.05, 0.1) is 0 Å². The Balaban J connectivity index is 2.37. The van der Waals surface area contributed by atoms with Crippen LogP contribution in [-0.2, 0) is 4.79 Å². The molecule has 0 amide bonds. The zero-order valence-corrected chi connectivity index (χ0v) is 16.3. The lowest BCUT2D eigenvalue weighted by molar-refractivity contribution is -0.112. The highest BCUT2D eigenvalue weighted by molar-refractivity contribution is 6.87. The van der Waals surface area contributed by atoms with Crippen molar-refractivity contribution in [3.63, 3.8) is 0 Å². The molecule has 2 heteroatoms. The van der Waals surface area contributed by atoms with E-state index in [4.69, 9.17) is 0 Å². The summed E-state index contributed by atoms with van der Waals surface area (Å²) in [5, 5.41) is 0.297. The lowest BCUT2D eigenvalue weighted by Gasteiger charge is -2.33. The van der Waals surface area contributed by atoms with Crippen molar-refractivity contribution >= 4 is 13.9 Å². The Labute approximate surface area is 137 Å². The van der Waals surface area contributed by atoms with E-state index >= 15 is 0 Å². The molecule has 2 aliphatic rings. The molecule has 0 heterocycles. The molecule has 2 aliphatic carbocycles. The van der Waals surface area contributed by atoms with Gasteiger partial charge in [-0.05, 0) is 42.9 Å². The third-order valence-electron chi connectivity index (χ3n) is 5.87. The third-order valence-corrected chi connectivity index (χ3v) is 10.4. The van der Waals surface area contributed by atoms with E-state index in [-0.39, 0.29) is 11.2 Å². The Morgan fingerprint density at radius 1 is 1.18 bits per heavy atom. The zero-order valence-electron chi connectivity index (χ0n) is 15.3. The van der Waals surface area contributed by atoms with Crippen LogP contribution >= 0.6 is 0 Å². The number of Topliss-reactive ketones (excluding diaryl/α,β-unsaturated/α-hetero) is 1. The Hall–Kier alpha value is -1.07. The van der Waals surface area contributed by atoms with Gasteiger partial charge in [0.1, 0.15) is 8.07 Å². The third kappa shape index (κ3) is 3.01. The van der Waals surface area contributed by atoms with E-state index in [1.165, 1.54) is 6.42 Å². The summed E-state index contributed by atoms with van der Waals surface area (Å²) in [7, 11) is -1.57. The highest BCUT2D eigenvalue weighted by Crippen LogP contribution is 2.49. The summed E-state index contributed by atoms with van der Waals surface area (Å²) in [4.78, 5) is 12.1. The SMILES string of the molecule is CC1=CC2(C=C(C)C1=O)CCC[C@H]2C#C[Si](C)(C)C(C)(C)C. The Morgan fingerprint density at radius 3 is 2.23 bits per heavy atom. The van der Waals surface area contributed by atoms with Crippen molar-refractivity contribution in [2.75, 3.05) is 0 Å². The van der Waals surface area contributed by atoms with Crippen molar-refractivity contribution in [3.05, 3.63) is 23.3 Å². The van der Waals surface area contributed by atoms with E-state index in [0.717, 1.165) is 24.0 Å². The van der Waals surface area contributed by atoms with Crippen LogP contribution in [0.1, 0.15) is 53.9 Å². The molecule has 120 valence electrons.